The third-order valence-electron chi connectivity index (χ3n) is 2.37. The third kappa shape index (κ3) is 4.58. The van der Waals surface area contributed by atoms with E-state index < -0.39 is 0 Å². The highest BCUT2D eigenvalue weighted by Gasteiger charge is 2.03. The Hall–Kier alpha value is -0.670. The molecule has 0 bridgehead atoms. The van der Waals surface area contributed by atoms with Crippen LogP contribution >= 0.6 is 11.8 Å². The molecular weight excluding hydrogens is 206 g/mol. The second-order valence-electron chi connectivity index (χ2n) is 3.61. The molecule has 0 spiro atoms. The molecule has 0 saturated carbocycles. The first-order valence-electron chi connectivity index (χ1n) is 5.25. The summed E-state index contributed by atoms with van der Waals surface area (Å²) in [6, 6.07) is 7.74. The number of phenolic OH excluding ortho intramolecular Hbond substituents is 1. The summed E-state index contributed by atoms with van der Waals surface area (Å²) in [5.41, 5.74) is 1.22. The Balaban J connectivity index is 2.33. The highest BCUT2D eigenvalue weighted by atomic mass is 32.2. The van der Waals surface area contributed by atoms with E-state index in [1.807, 2.05) is 23.9 Å². The normalized spacial score (nSPS) is 12.7. The van der Waals surface area contributed by atoms with E-state index in [0.29, 0.717) is 11.8 Å². The molecule has 1 unspecified atom stereocenters. The van der Waals surface area contributed by atoms with E-state index in [1.165, 1.54) is 17.7 Å². The van der Waals surface area contributed by atoms with Crippen LogP contribution in [0.25, 0.3) is 0 Å². The fourth-order valence-electron chi connectivity index (χ4n) is 1.42. The second kappa shape index (κ2) is 6.75. The van der Waals surface area contributed by atoms with Crippen molar-refractivity contribution < 1.29 is 5.11 Å². The van der Waals surface area contributed by atoms with E-state index in [1.54, 1.807) is 12.1 Å². The number of hydrogen-bond donors (Lipinski definition) is 2. The number of benzene rings is 1. The molecule has 0 saturated heterocycles. The van der Waals surface area contributed by atoms with E-state index in [0.717, 1.165) is 6.54 Å². The molecule has 84 valence electrons. The van der Waals surface area contributed by atoms with Gasteiger partial charge >= 0.3 is 0 Å². The molecule has 0 aromatic heterocycles. The summed E-state index contributed by atoms with van der Waals surface area (Å²) in [4.78, 5) is 0. The molecule has 1 aromatic rings. The quantitative estimate of drug-likeness (QED) is 0.730. The molecule has 0 aliphatic rings. The highest BCUT2D eigenvalue weighted by molar-refractivity contribution is 7.98. The smallest absolute Gasteiger partial charge is 0.115 e. The van der Waals surface area contributed by atoms with Crippen LogP contribution in [0.2, 0.25) is 0 Å². The summed E-state index contributed by atoms with van der Waals surface area (Å²) in [6.45, 7) is 3.19. The van der Waals surface area contributed by atoms with E-state index >= 15 is 0 Å². The van der Waals surface area contributed by atoms with Crippen LogP contribution < -0.4 is 5.32 Å². The van der Waals surface area contributed by atoms with Crippen molar-refractivity contribution in [2.24, 2.45) is 0 Å². The SMILES string of the molecule is CSCCCNC(C)c1ccc(O)cc1. The number of aromatic hydroxyl groups is 1. The van der Waals surface area contributed by atoms with Gasteiger partial charge in [-0.3, -0.25) is 0 Å². The Morgan fingerprint density at radius 1 is 1.33 bits per heavy atom. The lowest BCUT2D eigenvalue weighted by Gasteiger charge is -2.13. The molecule has 0 aliphatic heterocycles. The lowest BCUT2D eigenvalue weighted by molar-refractivity contribution is 0.474. The minimum Gasteiger partial charge on any atom is -0.508 e. The van der Waals surface area contributed by atoms with Gasteiger partial charge in [0.05, 0.1) is 0 Å². The van der Waals surface area contributed by atoms with Gasteiger partial charge in [0, 0.05) is 6.04 Å². The Labute approximate surface area is 96.1 Å². The summed E-state index contributed by atoms with van der Waals surface area (Å²) >= 11 is 1.88. The Morgan fingerprint density at radius 2 is 2.00 bits per heavy atom. The van der Waals surface area contributed by atoms with Crippen LogP contribution in [0.3, 0.4) is 0 Å². The van der Waals surface area contributed by atoms with Crippen molar-refractivity contribution in [2.75, 3.05) is 18.6 Å². The van der Waals surface area contributed by atoms with E-state index in [2.05, 4.69) is 18.5 Å². The van der Waals surface area contributed by atoms with Crippen molar-refractivity contribution in [1.29, 1.82) is 0 Å². The number of thioether (sulfide) groups is 1. The number of phenols is 1. The van der Waals surface area contributed by atoms with Crippen LogP contribution in [0, 0.1) is 0 Å². The van der Waals surface area contributed by atoms with Crippen LogP contribution in [-0.4, -0.2) is 23.7 Å². The lowest BCUT2D eigenvalue weighted by atomic mass is 10.1. The Morgan fingerprint density at radius 3 is 2.60 bits per heavy atom. The van der Waals surface area contributed by atoms with Crippen LogP contribution in [0.4, 0.5) is 0 Å². The molecule has 3 heteroatoms. The number of hydrogen-bond acceptors (Lipinski definition) is 3. The van der Waals surface area contributed by atoms with Crippen LogP contribution in [0.5, 0.6) is 5.75 Å². The van der Waals surface area contributed by atoms with E-state index in [4.69, 9.17) is 5.11 Å². The standard InChI is InChI=1S/C12H19NOS/c1-10(13-8-3-9-15-2)11-4-6-12(14)7-5-11/h4-7,10,13-14H,3,8-9H2,1-2H3. The maximum Gasteiger partial charge on any atom is 0.115 e. The fraction of sp³-hybridized carbons (Fsp3) is 0.500. The maximum absolute atomic E-state index is 9.16. The van der Waals surface area contributed by atoms with Crippen molar-refractivity contribution >= 4 is 11.8 Å². The van der Waals surface area contributed by atoms with Gasteiger partial charge in [0.25, 0.3) is 0 Å². The molecule has 0 fully saturated rings. The molecule has 0 amide bonds. The minimum absolute atomic E-state index is 0.327. The van der Waals surface area contributed by atoms with Crippen LogP contribution in [0.15, 0.2) is 24.3 Å². The topological polar surface area (TPSA) is 32.3 Å². The maximum atomic E-state index is 9.16. The van der Waals surface area contributed by atoms with Crippen molar-refractivity contribution in [3.8, 4) is 5.75 Å². The van der Waals surface area contributed by atoms with Gasteiger partial charge in [0.1, 0.15) is 5.75 Å². The summed E-state index contributed by atoms with van der Waals surface area (Å²) in [7, 11) is 0. The zero-order valence-electron chi connectivity index (χ0n) is 9.36. The van der Waals surface area contributed by atoms with Gasteiger partial charge in [-0.05, 0) is 49.6 Å². The summed E-state index contributed by atoms with van der Waals surface area (Å²) in [5.74, 6) is 1.53. The molecule has 1 aromatic carbocycles. The lowest BCUT2D eigenvalue weighted by Crippen LogP contribution is -2.20. The van der Waals surface area contributed by atoms with Gasteiger partial charge in [0.2, 0.25) is 0 Å². The fourth-order valence-corrected chi connectivity index (χ4v) is 1.85. The molecule has 1 atom stereocenters. The highest BCUT2D eigenvalue weighted by Crippen LogP contribution is 2.16. The van der Waals surface area contributed by atoms with Crippen LogP contribution in [-0.2, 0) is 0 Å². The molecule has 0 radical (unpaired) electrons. The van der Waals surface area contributed by atoms with Gasteiger partial charge in [0.15, 0.2) is 0 Å². The Kier molecular flexibility index (Phi) is 5.58. The zero-order valence-corrected chi connectivity index (χ0v) is 10.2. The molecule has 0 heterocycles. The summed E-state index contributed by atoms with van der Waals surface area (Å²) in [6.07, 6.45) is 3.33. The van der Waals surface area contributed by atoms with Gasteiger partial charge in [-0.1, -0.05) is 12.1 Å². The van der Waals surface area contributed by atoms with E-state index in [-0.39, 0.29) is 0 Å². The van der Waals surface area contributed by atoms with Crippen LogP contribution in [0.1, 0.15) is 24.9 Å². The zero-order chi connectivity index (χ0) is 11.1. The average molecular weight is 225 g/mol. The van der Waals surface area contributed by atoms with Crippen molar-refractivity contribution in [2.45, 2.75) is 19.4 Å². The third-order valence-corrected chi connectivity index (χ3v) is 3.07. The molecule has 0 aliphatic carbocycles. The predicted octanol–water partition coefficient (Wildman–Crippen LogP) is 2.80. The van der Waals surface area contributed by atoms with Gasteiger partial charge in [-0.25, -0.2) is 0 Å². The summed E-state index contributed by atoms with van der Waals surface area (Å²) in [5, 5.41) is 12.6. The van der Waals surface area contributed by atoms with Gasteiger partial charge in [-0.15, -0.1) is 0 Å². The first kappa shape index (κ1) is 12.4. The number of rotatable bonds is 6. The summed E-state index contributed by atoms with van der Waals surface area (Å²) < 4.78 is 0. The monoisotopic (exact) mass is 225 g/mol. The first-order valence-corrected chi connectivity index (χ1v) is 6.64. The van der Waals surface area contributed by atoms with Gasteiger partial charge in [-0.2, -0.15) is 11.8 Å². The van der Waals surface area contributed by atoms with Gasteiger partial charge < -0.3 is 10.4 Å². The largest absolute Gasteiger partial charge is 0.508 e. The molecule has 1 rings (SSSR count). The molecular formula is C12H19NOS. The number of nitrogens with one attached hydrogen (secondary N) is 1. The van der Waals surface area contributed by atoms with Crippen molar-refractivity contribution in [1.82, 2.24) is 5.32 Å². The molecule has 15 heavy (non-hydrogen) atoms. The van der Waals surface area contributed by atoms with E-state index in [9.17, 15) is 0 Å². The minimum atomic E-state index is 0.327. The van der Waals surface area contributed by atoms with Crippen molar-refractivity contribution in [3.63, 3.8) is 0 Å². The Bertz CT molecular complexity index is 273. The molecule has 2 N–H and O–H groups in total. The average Bonchev–Trinajstić information content (AvgIpc) is 2.25. The predicted molar refractivity (Wildman–Crippen MR) is 67.5 cm³/mol. The second-order valence-corrected chi connectivity index (χ2v) is 4.60. The molecule has 2 nitrogen and oxygen atoms in total. The first-order chi connectivity index (χ1) is 7.24. The van der Waals surface area contributed by atoms with Crippen molar-refractivity contribution in [3.05, 3.63) is 29.8 Å².